The number of nitrogens with zero attached hydrogens (tertiary/aromatic N) is 1. The maximum atomic E-state index is 13.2. The second-order valence-electron chi connectivity index (χ2n) is 4.88. The molecular formula is C18H14F2N2. The second kappa shape index (κ2) is 5.85. The van der Waals surface area contributed by atoms with Crippen molar-refractivity contribution in [3.8, 4) is 0 Å². The summed E-state index contributed by atoms with van der Waals surface area (Å²) in [5.74, 6) is -0.620. The highest BCUT2D eigenvalue weighted by Crippen LogP contribution is 2.35. The number of rotatable bonds is 3. The molecule has 0 aliphatic rings. The average molecular weight is 296 g/mol. The number of nitrogens with two attached hydrogens (primary N) is 1. The van der Waals surface area contributed by atoms with Gasteiger partial charge in [-0.3, -0.25) is 0 Å². The van der Waals surface area contributed by atoms with Crippen LogP contribution in [0.4, 0.5) is 31.5 Å². The fourth-order valence-electron chi connectivity index (χ4n) is 2.29. The molecule has 4 heteroatoms. The first-order valence-electron chi connectivity index (χ1n) is 6.80. The van der Waals surface area contributed by atoms with E-state index in [1.165, 1.54) is 24.3 Å². The maximum Gasteiger partial charge on any atom is 0.123 e. The van der Waals surface area contributed by atoms with E-state index < -0.39 is 0 Å². The largest absolute Gasteiger partial charge is 0.399 e. The minimum atomic E-state index is -0.310. The van der Waals surface area contributed by atoms with Crippen LogP contribution in [0.25, 0.3) is 0 Å². The van der Waals surface area contributed by atoms with Crippen molar-refractivity contribution in [3.63, 3.8) is 0 Å². The van der Waals surface area contributed by atoms with Crippen LogP contribution < -0.4 is 10.6 Å². The zero-order valence-electron chi connectivity index (χ0n) is 11.7. The molecule has 3 rings (SSSR count). The van der Waals surface area contributed by atoms with Gasteiger partial charge >= 0.3 is 0 Å². The van der Waals surface area contributed by atoms with Gasteiger partial charge in [-0.1, -0.05) is 6.07 Å². The van der Waals surface area contributed by atoms with E-state index in [2.05, 4.69) is 0 Å². The van der Waals surface area contributed by atoms with Gasteiger partial charge in [-0.05, 0) is 66.7 Å². The van der Waals surface area contributed by atoms with Crippen LogP contribution in [0.1, 0.15) is 0 Å². The van der Waals surface area contributed by atoms with E-state index in [4.69, 9.17) is 5.73 Å². The Morgan fingerprint density at radius 2 is 1.14 bits per heavy atom. The Hall–Kier alpha value is -2.88. The summed E-state index contributed by atoms with van der Waals surface area (Å²) in [6.07, 6.45) is 0. The molecule has 0 atom stereocenters. The van der Waals surface area contributed by atoms with Crippen LogP contribution >= 0.6 is 0 Å². The highest BCUT2D eigenvalue weighted by molar-refractivity contribution is 5.77. The lowest BCUT2D eigenvalue weighted by Gasteiger charge is -2.25. The summed E-state index contributed by atoms with van der Waals surface area (Å²) in [5.41, 5.74) is 8.81. The summed E-state index contributed by atoms with van der Waals surface area (Å²) in [6, 6.07) is 19.6. The summed E-state index contributed by atoms with van der Waals surface area (Å²) < 4.78 is 26.4. The highest BCUT2D eigenvalue weighted by atomic mass is 19.1. The fraction of sp³-hybridized carbons (Fsp3) is 0. The van der Waals surface area contributed by atoms with Gasteiger partial charge in [-0.2, -0.15) is 0 Å². The average Bonchev–Trinajstić information content (AvgIpc) is 2.51. The van der Waals surface area contributed by atoms with Gasteiger partial charge in [0.2, 0.25) is 0 Å². The van der Waals surface area contributed by atoms with Gasteiger partial charge in [0.25, 0.3) is 0 Å². The molecule has 0 aliphatic heterocycles. The van der Waals surface area contributed by atoms with Crippen molar-refractivity contribution < 1.29 is 8.78 Å². The smallest absolute Gasteiger partial charge is 0.123 e. The molecule has 110 valence electrons. The lowest BCUT2D eigenvalue weighted by Crippen LogP contribution is -2.10. The van der Waals surface area contributed by atoms with Crippen molar-refractivity contribution in [2.24, 2.45) is 0 Å². The third kappa shape index (κ3) is 2.91. The number of nitrogen functional groups attached to an aromatic ring is 1. The van der Waals surface area contributed by atoms with E-state index in [9.17, 15) is 8.78 Å². The first kappa shape index (κ1) is 14.1. The van der Waals surface area contributed by atoms with Crippen molar-refractivity contribution in [1.82, 2.24) is 0 Å². The van der Waals surface area contributed by atoms with Crippen molar-refractivity contribution in [3.05, 3.63) is 84.4 Å². The molecule has 0 heterocycles. The van der Waals surface area contributed by atoms with Crippen molar-refractivity contribution in [1.29, 1.82) is 0 Å². The van der Waals surface area contributed by atoms with Gasteiger partial charge in [0.1, 0.15) is 11.6 Å². The van der Waals surface area contributed by atoms with E-state index in [0.29, 0.717) is 5.69 Å². The zero-order chi connectivity index (χ0) is 15.5. The topological polar surface area (TPSA) is 29.3 Å². The van der Waals surface area contributed by atoms with Gasteiger partial charge in [-0.25, -0.2) is 8.78 Å². The minimum Gasteiger partial charge on any atom is -0.399 e. The number of benzene rings is 3. The predicted octanol–water partition coefficient (Wildman–Crippen LogP) is 5.02. The monoisotopic (exact) mass is 296 g/mol. The molecule has 0 aromatic heterocycles. The van der Waals surface area contributed by atoms with Crippen LogP contribution in [0.15, 0.2) is 72.8 Å². The second-order valence-corrected chi connectivity index (χ2v) is 4.88. The summed E-state index contributed by atoms with van der Waals surface area (Å²) in [5, 5.41) is 0. The SMILES string of the molecule is Nc1cccc(N(c2ccc(F)cc2)c2ccc(F)cc2)c1. The fourth-order valence-corrected chi connectivity index (χ4v) is 2.29. The van der Waals surface area contributed by atoms with E-state index in [1.807, 2.05) is 23.1 Å². The zero-order valence-corrected chi connectivity index (χ0v) is 11.7. The van der Waals surface area contributed by atoms with Gasteiger partial charge < -0.3 is 10.6 Å². The van der Waals surface area contributed by atoms with Crippen LogP contribution in [-0.2, 0) is 0 Å². The van der Waals surface area contributed by atoms with Crippen LogP contribution in [0.3, 0.4) is 0 Å². The lowest BCUT2D eigenvalue weighted by atomic mass is 10.2. The number of anilines is 4. The molecule has 2 nitrogen and oxygen atoms in total. The normalized spacial score (nSPS) is 10.5. The predicted molar refractivity (Wildman–Crippen MR) is 85.5 cm³/mol. The molecule has 0 spiro atoms. The Bertz CT molecular complexity index is 722. The minimum absolute atomic E-state index is 0.310. The Morgan fingerprint density at radius 1 is 0.636 bits per heavy atom. The number of hydrogen-bond donors (Lipinski definition) is 1. The standard InChI is InChI=1S/C18H14F2N2/c19-13-4-8-16(9-5-13)22(17-10-6-14(20)7-11-17)18-3-1-2-15(21)12-18/h1-12H,21H2. The highest BCUT2D eigenvalue weighted by Gasteiger charge is 2.12. The third-order valence-electron chi connectivity index (χ3n) is 3.30. The molecule has 0 bridgehead atoms. The Kier molecular flexibility index (Phi) is 3.74. The summed E-state index contributed by atoms with van der Waals surface area (Å²) in [7, 11) is 0. The Labute approximate surface area is 127 Å². The van der Waals surface area contributed by atoms with Gasteiger partial charge in [-0.15, -0.1) is 0 Å². The number of hydrogen-bond acceptors (Lipinski definition) is 2. The van der Waals surface area contributed by atoms with Gasteiger partial charge in [0, 0.05) is 22.7 Å². The first-order valence-corrected chi connectivity index (χ1v) is 6.80. The van der Waals surface area contributed by atoms with Crippen LogP contribution in [0.5, 0.6) is 0 Å². The van der Waals surface area contributed by atoms with Gasteiger partial charge in [0.15, 0.2) is 0 Å². The Morgan fingerprint density at radius 3 is 1.59 bits per heavy atom. The van der Waals surface area contributed by atoms with E-state index in [-0.39, 0.29) is 11.6 Å². The molecule has 0 saturated carbocycles. The van der Waals surface area contributed by atoms with Gasteiger partial charge in [0.05, 0.1) is 0 Å². The van der Waals surface area contributed by atoms with Crippen LogP contribution in [0.2, 0.25) is 0 Å². The molecule has 2 N–H and O–H groups in total. The number of halogens is 2. The van der Waals surface area contributed by atoms with E-state index in [0.717, 1.165) is 17.1 Å². The molecule has 0 fully saturated rings. The summed E-state index contributed by atoms with van der Waals surface area (Å²) in [6.45, 7) is 0. The third-order valence-corrected chi connectivity index (χ3v) is 3.30. The molecule has 0 radical (unpaired) electrons. The van der Waals surface area contributed by atoms with Crippen molar-refractivity contribution >= 4 is 22.7 Å². The first-order chi connectivity index (χ1) is 10.6. The summed E-state index contributed by atoms with van der Waals surface area (Å²) in [4.78, 5) is 1.88. The van der Waals surface area contributed by atoms with Crippen molar-refractivity contribution in [2.45, 2.75) is 0 Å². The van der Waals surface area contributed by atoms with E-state index >= 15 is 0 Å². The van der Waals surface area contributed by atoms with E-state index in [1.54, 1.807) is 30.3 Å². The molecule has 3 aromatic rings. The molecule has 3 aromatic carbocycles. The molecule has 0 aliphatic carbocycles. The molecular weight excluding hydrogens is 282 g/mol. The molecule has 22 heavy (non-hydrogen) atoms. The lowest BCUT2D eigenvalue weighted by molar-refractivity contribution is 0.628. The molecule has 0 saturated heterocycles. The quantitative estimate of drug-likeness (QED) is 0.688. The van der Waals surface area contributed by atoms with Crippen molar-refractivity contribution in [2.75, 3.05) is 10.6 Å². The summed E-state index contributed by atoms with van der Waals surface area (Å²) >= 11 is 0. The van der Waals surface area contributed by atoms with Crippen LogP contribution in [0, 0.1) is 11.6 Å². The maximum absolute atomic E-state index is 13.2. The Balaban J connectivity index is 2.13. The molecule has 0 unspecified atom stereocenters. The molecule has 0 amide bonds. The van der Waals surface area contributed by atoms with Crippen LogP contribution in [-0.4, -0.2) is 0 Å².